The molecule has 0 aliphatic heterocycles. The second-order valence-electron chi connectivity index (χ2n) is 2.95. The molecule has 1 aliphatic carbocycles. The minimum absolute atomic E-state index is 0.290. The third-order valence-electron chi connectivity index (χ3n) is 2.13. The molecule has 3 heteroatoms. The first-order chi connectivity index (χ1) is 4.74. The summed E-state index contributed by atoms with van der Waals surface area (Å²) in [6.45, 7) is 0.649. The van der Waals surface area contributed by atoms with E-state index in [0.717, 1.165) is 12.8 Å². The summed E-state index contributed by atoms with van der Waals surface area (Å²) in [5.41, 5.74) is 5.43. The molecule has 1 rings (SSSR count). The van der Waals surface area contributed by atoms with Gasteiger partial charge in [0.05, 0.1) is 5.38 Å². The second-order valence-corrected chi connectivity index (χ2v) is 3.51. The van der Waals surface area contributed by atoms with Crippen molar-refractivity contribution in [1.29, 1.82) is 0 Å². The largest absolute Gasteiger partial charge is 0.330 e. The maximum Gasteiger partial charge on any atom is 0.116 e. The molecule has 0 spiro atoms. The van der Waals surface area contributed by atoms with Crippen molar-refractivity contribution in [3.05, 3.63) is 0 Å². The lowest BCUT2D eigenvalue weighted by molar-refractivity contribution is 0.215. The van der Waals surface area contributed by atoms with E-state index < -0.39 is 6.17 Å². The Morgan fingerprint density at radius 3 is 2.70 bits per heavy atom. The van der Waals surface area contributed by atoms with Crippen LogP contribution in [0.15, 0.2) is 0 Å². The molecule has 1 fully saturated rings. The molecule has 1 nitrogen and oxygen atoms in total. The van der Waals surface area contributed by atoms with E-state index in [4.69, 9.17) is 17.3 Å². The molecule has 3 atom stereocenters. The predicted molar refractivity (Wildman–Crippen MR) is 40.9 cm³/mol. The van der Waals surface area contributed by atoms with Gasteiger partial charge in [-0.2, -0.15) is 0 Å². The van der Waals surface area contributed by atoms with Crippen LogP contribution in [0.3, 0.4) is 0 Å². The standard InChI is InChI=1S/C7H13ClFN/c8-6-3-5(4-10)1-2-7(6)9/h5-7H,1-4,10H2. The number of hydrogen-bond donors (Lipinski definition) is 1. The first-order valence-corrected chi connectivity index (χ1v) is 4.16. The van der Waals surface area contributed by atoms with Crippen molar-refractivity contribution in [3.8, 4) is 0 Å². The van der Waals surface area contributed by atoms with Gasteiger partial charge in [-0.3, -0.25) is 0 Å². The highest BCUT2D eigenvalue weighted by atomic mass is 35.5. The monoisotopic (exact) mass is 165 g/mol. The van der Waals surface area contributed by atoms with E-state index in [1.54, 1.807) is 0 Å². The Hall–Kier alpha value is 0.180. The highest BCUT2D eigenvalue weighted by Crippen LogP contribution is 2.29. The molecule has 0 radical (unpaired) electrons. The van der Waals surface area contributed by atoms with Crippen molar-refractivity contribution >= 4 is 11.6 Å². The van der Waals surface area contributed by atoms with Crippen LogP contribution in [-0.2, 0) is 0 Å². The van der Waals surface area contributed by atoms with E-state index in [-0.39, 0.29) is 5.38 Å². The molecule has 10 heavy (non-hydrogen) atoms. The van der Waals surface area contributed by atoms with Crippen LogP contribution in [0.5, 0.6) is 0 Å². The number of halogens is 2. The molecule has 2 N–H and O–H groups in total. The molecular formula is C7H13ClFN. The van der Waals surface area contributed by atoms with E-state index in [9.17, 15) is 4.39 Å². The van der Waals surface area contributed by atoms with Gasteiger partial charge in [0, 0.05) is 0 Å². The van der Waals surface area contributed by atoms with Gasteiger partial charge in [-0.05, 0) is 31.7 Å². The molecule has 1 aliphatic rings. The fourth-order valence-electron chi connectivity index (χ4n) is 1.37. The topological polar surface area (TPSA) is 26.0 Å². The van der Waals surface area contributed by atoms with E-state index in [1.165, 1.54) is 0 Å². The Bertz CT molecular complexity index is 110. The lowest BCUT2D eigenvalue weighted by Crippen LogP contribution is -2.30. The normalized spacial score (nSPS) is 41.7. The van der Waals surface area contributed by atoms with Crippen LogP contribution in [0.25, 0.3) is 0 Å². The molecule has 0 aromatic carbocycles. The van der Waals surface area contributed by atoms with Crippen LogP contribution in [0, 0.1) is 5.92 Å². The van der Waals surface area contributed by atoms with Gasteiger partial charge in [0.15, 0.2) is 0 Å². The lowest BCUT2D eigenvalue weighted by atomic mass is 9.88. The number of nitrogens with two attached hydrogens (primary N) is 1. The zero-order valence-electron chi connectivity index (χ0n) is 5.89. The minimum Gasteiger partial charge on any atom is -0.330 e. The Morgan fingerprint density at radius 2 is 2.20 bits per heavy atom. The molecule has 0 heterocycles. The van der Waals surface area contributed by atoms with Gasteiger partial charge in [-0.1, -0.05) is 0 Å². The van der Waals surface area contributed by atoms with E-state index in [1.807, 2.05) is 0 Å². The highest BCUT2D eigenvalue weighted by Gasteiger charge is 2.27. The molecule has 60 valence electrons. The number of rotatable bonds is 1. The fourth-order valence-corrected chi connectivity index (χ4v) is 1.75. The maximum atomic E-state index is 12.7. The summed E-state index contributed by atoms with van der Waals surface area (Å²) < 4.78 is 12.7. The van der Waals surface area contributed by atoms with Crippen molar-refractivity contribution in [1.82, 2.24) is 0 Å². The summed E-state index contributed by atoms with van der Waals surface area (Å²) in [4.78, 5) is 0. The van der Waals surface area contributed by atoms with Crippen molar-refractivity contribution in [2.45, 2.75) is 30.8 Å². The van der Waals surface area contributed by atoms with E-state index in [0.29, 0.717) is 18.9 Å². The van der Waals surface area contributed by atoms with Gasteiger partial charge in [-0.25, -0.2) is 4.39 Å². The van der Waals surface area contributed by atoms with Crippen LogP contribution in [0.1, 0.15) is 19.3 Å². The minimum atomic E-state index is -0.801. The zero-order valence-corrected chi connectivity index (χ0v) is 6.65. The molecule has 0 aromatic heterocycles. The smallest absolute Gasteiger partial charge is 0.116 e. The summed E-state index contributed by atoms with van der Waals surface area (Å²) in [5, 5.41) is -0.290. The number of hydrogen-bond acceptors (Lipinski definition) is 1. The zero-order chi connectivity index (χ0) is 7.56. The van der Waals surface area contributed by atoms with Gasteiger partial charge in [-0.15, -0.1) is 11.6 Å². The van der Waals surface area contributed by atoms with Gasteiger partial charge >= 0.3 is 0 Å². The van der Waals surface area contributed by atoms with Crippen LogP contribution >= 0.6 is 11.6 Å². The third kappa shape index (κ3) is 1.83. The maximum absolute atomic E-state index is 12.7. The van der Waals surface area contributed by atoms with Crippen molar-refractivity contribution in [3.63, 3.8) is 0 Å². The molecule has 1 saturated carbocycles. The average Bonchev–Trinajstić information content (AvgIpc) is 1.95. The Kier molecular flexibility index (Phi) is 2.93. The summed E-state index contributed by atoms with van der Waals surface area (Å²) in [7, 11) is 0. The van der Waals surface area contributed by atoms with E-state index >= 15 is 0 Å². The van der Waals surface area contributed by atoms with Gasteiger partial charge in [0.25, 0.3) is 0 Å². The lowest BCUT2D eigenvalue weighted by Gasteiger charge is -2.26. The van der Waals surface area contributed by atoms with Crippen LogP contribution in [-0.4, -0.2) is 18.1 Å². The Morgan fingerprint density at radius 1 is 1.50 bits per heavy atom. The van der Waals surface area contributed by atoms with Gasteiger partial charge in [0.2, 0.25) is 0 Å². The van der Waals surface area contributed by atoms with Crippen LogP contribution < -0.4 is 5.73 Å². The van der Waals surface area contributed by atoms with Crippen molar-refractivity contribution < 1.29 is 4.39 Å². The van der Waals surface area contributed by atoms with E-state index in [2.05, 4.69) is 0 Å². The summed E-state index contributed by atoms with van der Waals surface area (Å²) in [6, 6.07) is 0. The second kappa shape index (κ2) is 3.54. The molecule has 0 aromatic rings. The first kappa shape index (κ1) is 8.28. The summed E-state index contributed by atoms with van der Waals surface area (Å²) in [5.74, 6) is 0.453. The average molecular weight is 166 g/mol. The van der Waals surface area contributed by atoms with Crippen LogP contribution in [0.4, 0.5) is 4.39 Å². The molecular weight excluding hydrogens is 153 g/mol. The SMILES string of the molecule is NCC1CCC(F)C(Cl)C1. The fraction of sp³-hybridized carbons (Fsp3) is 1.00. The summed E-state index contributed by atoms with van der Waals surface area (Å²) in [6.07, 6.45) is 1.44. The number of alkyl halides is 2. The highest BCUT2D eigenvalue weighted by molar-refractivity contribution is 6.21. The van der Waals surface area contributed by atoms with Crippen molar-refractivity contribution in [2.75, 3.05) is 6.54 Å². The Labute approximate surface area is 65.7 Å². The quantitative estimate of drug-likeness (QED) is 0.588. The van der Waals surface area contributed by atoms with Crippen molar-refractivity contribution in [2.24, 2.45) is 11.7 Å². The van der Waals surface area contributed by atoms with Crippen LogP contribution in [0.2, 0.25) is 0 Å². The third-order valence-corrected chi connectivity index (χ3v) is 2.59. The Balaban J connectivity index is 2.33. The summed E-state index contributed by atoms with van der Waals surface area (Å²) >= 11 is 5.71. The molecule has 3 unspecified atom stereocenters. The first-order valence-electron chi connectivity index (χ1n) is 3.72. The molecule has 0 amide bonds. The van der Waals surface area contributed by atoms with Gasteiger partial charge < -0.3 is 5.73 Å². The molecule has 0 bridgehead atoms. The predicted octanol–water partition coefficient (Wildman–Crippen LogP) is 1.69. The van der Waals surface area contributed by atoms with Gasteiger partial charge in [0.1, 0.15) is 6.17 Å². The molecule has 0 saturated heterocycles.